The van der Waals surface area contributed by atoms with Gasteiger partial charge in [0.05, 0.1) is 6.42 Å². The van der Waals surface area contributed by atoms with Crippen LogP contribution >= 0.6 is 0 Å². The van der Waals surface area contributed by atoms with Gasteiger partial charge in [0.25, 0.3) is 0 Å². The van der Waals surface area contributed by atoms with Crippen molar-refractivity contribution in [3.05, 3.63) is 24.7 Å². The molecule has 0 atom stereocenters. The molecule has 0 radical (unpaired) electrons. The Bertz CT molecular complexity index is 181. The number of rotatable bonds is 3. The molecule has 1 aliphatic heterocycles. The third kappa shape index (κ3) is 1.62. The van der Waals surface area contributed by atoms with E-state index in [2.05, 4.69) is 6.58 Å². The molecule has 0 aromatic heterocycles. The van der Waals surface area contributed by atoms with Crippen LogP contribution < -0.4 is 0 Å². The Morgan fingerprint density at radius 1 is 1.90 bits per heavy atom. The van der Waals surface area contributed by atoms with Crippen LogP contribution in [0.1, 0.15) is 6.42 Å². The molecule has 54 valence electrons. The topological polar surface area (TPSA) is 35.5 Å². The standard InChI is InChI=1S/C7H8O3/c1-2-6(8)3-7-4-9-5-10-7/h2,4H,1,3,5H2. The lowest BCUT2D eigenvalue weighted by Crippen LogP contribution is -1.95. The van der Waals surface area contributed by atoms with Gasteiger partial charge in [-0.15, -0.1) is 0 Å². The molecular weight excluding hydrogens is 132 g/mol. The van der Waals surface area contributed by atoms with Crippen LogP contribution in [0.3, 0.4) is 0 Å². The predicted octanol–water partition coefficient (Wildman–Crippen LogP) is 0.977. The zero-order valence-electron chi connectivity index (χ0n) is 5.50. The Morgan fingerprint density at radius 2 is 2.70 bits per heavy atom. The van der Waals surface area contributed by atoms with Gasteiger partial charge in [-0.3, -0.25) is 4.79 Å². The molecule has 0 amide bonds. The van der Waals surface area contributed by atoms with Crippen LogP contribution in [0.25, 0.3) is 0 Å². The average molecular weight is 140 g/mol. The first kappa shape index (κ1) is 6.86. The van der Waals surface area contributed by atoms with E-state index in [1.54, 1.807) is 0 Å². The second kappa shape index (κ2) is 3.06. The first-order valence-electron chi connectivity index (χ1n) is 2.91. The van der Waals surface area contributed by atoms with E-state index in [4.69, 9.17) is 9.47 Å². The Labute approximate surface area is 58.9 Å². The minimum Gasteiger partial charge on any atom is -0.462 e. The van der Waals surface area contributed by atoms with Gasteiger partial charge in [0.1, 0.15) is 12.0 Å². The lowest BCUT2D eigenvalue weighted by Gasteiger charge is -1.95. The summed E-state index contributed by atoms with van der Waals surface area (Å²) in [6, 6.07) is 0. The second-order valence-electron chi connectivity index (χ2n) is 1.86. The van der Waals surface area contributed by atoms with Gasteiger partial charge in [-0.25, -0.2) is 0 Å². The van der Waals surface area contributed by atoms with Crippen LogP contribution in [0.4, 0.5) is 0 Å². The Morgan fingerprint density at radius 3 is 3.20 bits per heavy atom. The fraction of sp³-hybridized carbons (Fsp3) is 0.286. The van der Waals surface area contributed by atoms with Gasteiger partial charge in [-0.1, -0.05) is 6.58 Å². The molecule has 0 saturated carbocycles. The molecule has 1 rings (SSSR count). The van der Waals surface area contributed by atoms with Crippen LogP contribution in [-0.2, 0) is 14.3 Å². The lowest BCUT2D eigenvalue weighted by atomic mass is 10.2. The van der Waals surface area contributed by atoms with Gasteiger partial charge in [0.15, 0.2) is 5.78 Å². The number of ketones is 1. The van der Waals surface area contributed by atoms with Crippen LogP contribution in [0.15, 0.2) is 24.7 Å². The van der Waals surface area contributed by atoms with Crippen molar-refractivity contribution in [1.82, 2.24) is 0 Å². The molecular formula is C7H8O3. The summed E-state index contributed by atoms with van der Waals surface area (Å²) in [5.74, 6) is 0.515. The lowest BCUT2D eigenvalue weighted by molar-refractivity contribution is -0.114. The molecule has 3 heteroatoms. The monoisotopic (exact) mass is 140 g/mol. The molecule has 0 bridgehead atoms. The molecule has 0 fully saturated rings. The summed E-state index contributed by atoms with van der Waals surface area (Å²) in [7, 11) is 0. The number of carbonyl (C=O) groups is 1. The predicted molar refractivity (Wildman–Crippen MR) is 34.9 cm³/mol. The van der Waals surface area contributed by atoms with Crippen molar-refractivity contribution >= 4 is 5.78 Å². The maximum absolute atomic E-state index is 10.7. The van der Waals surface area contributed by atoms with Crippen LogP contribution in [-0.4, -0.2) is 12.6 Å². The first-order chi connectivity index (χ1) is 4.83. The molecule has 10 heavy (non-hydrogen) atoms. The Balaban J connectivity index is 2.37. The average Bonchev–Trinajstić information content (AvgIpc) is 2.40. The quantitative estimate of drug-likeness (QED) is 0.548. The van der Waals surface area contributed by atoms with Crippen molar-refractivity contribution in [2.75, 3.05) is 6.79 Å². The van der Waals surface area contributed by atoms with Gasteiger partial charge in [-0.05, 0) is 6.08 Å². The van der Waals surface area contributed by atoms with Gasteiger partial charge in [0, 0.05) is 0 Å². The van der Waals surface area contributed by atoms with Crippen LogP contribution in [0.2, 0.25) is 0 Å². The smallest absolute Gasteiger partial charge is 0.229 e. The van der Waals surface area contributed by atoms with E-state index in [1.807, 2.05) is 0 Å². The third-order valence-electron chi connectivity index (χ3n) is 1.10. The fourth-order valence-electron chi connectivity index (χ4n) is 0.607. The van der Waals surface area contributed by atoms with Gasteiger partial charge < -0.3 is 9.47 Å². The zero-order chi connectivity index (χ0) is 7.40. The highest BCUT2D eigenvalue weighted by molar-refractivity contribution is 5.90. The SMILES string of the molecule is C=CC(=O)CC1=COCO1. The van der Waals surface area contributed by atoms with E-state index in [0.29, 0.717) is 5.76 Å². The van der Waals surface area contributed by atoms with Gasteiger partial charge in [0.2, 0.25) is 6.79 Å². The van der Waals surface area contributed by atoms with E-state index in [9.17, 15) is 4.79 Å². The van der Waals surface area contributed by atoms with Crippen LogP contribution in [0, 0.1) is 0 Å². The van der Waals surface area contributed by atoms with Crippen molar-refractivity contribution in [3.8, 4) is 0 Å². The molecule has 1 aliphatic rings. The maximum atomic E-state index is 10.7. The molecule has 0 aliphatic carbocycles. The van der Waals surface area contributed by atoms with Crippen LogP contribution in [0.5, 0.6) is 0 Å². The highest BCUT2D eigenvalue weighted by Gasteiger charge is 2.08. The van der Waals surface area contributed by atoms with E-state index >= 15 is 0 Å². The number of allylic oxidation sites excluding steroid dienone is 2. The molecule has 0 N–H and O–H groups in total. The van der Waals surface area contributed by atoms with Crippen molar-refractivity contribution in [2.45, 2.75) is 6.42 Å². The second-order valence-corrected chi connectivity index (χ2v) is 1.86. The summed E-state index contributed by atoms with van der Waals surface area (Å²) >= 11 is 0. The summed E-state index contributed by atoms with van der Waals surface area (Å²) in [6.07, 6.45) is 2.97. The minimum absolute atomic E-state index is 0.0586. The molecule has 3 nitrogen and oxygen atoms in total. The van der Waals surface area contributed by atoms with Crippen molar-refractivity contribution in [1.29, 1.82) is 0 Å². The maximum Gasteiger partial charge on any atom is 0.229 e. The third-order valence-corrected chi connectivity index (χ3v) is 1.10. The molecule has 1 heterocycles. The minimum atomic E-state index is -0.0586. The summed E-state index contributed by atoms with van der Waals surface area (Å²) < 4.78 is 9.63. The number of hydrogen-bond donors (Lipinski definition) is 0. The molecule has 0 spiro atoms. The molecule has 0 saturated heterocycles. The first-order valence-corrected chi connectivity index (χ1v) is 2.91. The van der Waals surface area contributed by atoms with E-state index in [-0.39, 0.29) is 19.0 Å². The van der Waals surface area contributed by atoms with Crippen molar-refractivity contribution in [3.63, 3.8) is 0 Å². The Hall–Kier alpha value is -1.25. The summed E-state index contributed by atoms with van der Waals surface area (Å²) in [5.41, 5.74) is 0. The summed E-state index contributed by atoms with van der Waals surface area (Å²) in [6.45, 7) is 3.55. The normalized spacial score (nSPS) is 15.0. The molecule has 0 aromatic carbocycles. The molecule has 0 aromatic rings. The van der Waals surface area contributed by atoms with E-state index < -0.39 is 0 Å². The van der Waals surface area contributed by atoms with E-state index in [0.717, 1.165) is 0 Å². The van der Waals surface area contributed by atoms with Gasteiger partial charge in [-0.2, -0.15) is 0 Å². The van der Waals surface area contributed by atoms with Gasteiger partial charge >= 0.3 is 0 Å². The molecule has 0 unspecified atom stereocenters. The number of hydrogen-bond acceptors (Lipinski definition) is 3. The summed E-state index contributed by atoms with van der Waals surface area (Å²) in [5, 5.41) is 0. The van der Waals surface area contributed by atoms with E-state index in [1.165, 1.54) is 12.3 Å². The van der Waals surface area contributed by atoms with Crippen molar-refractivity contribution < 1.29 is 14.3 Å². The van der Waals surface area contributed by atoms with Crippen molar-refractivity contribution in [2.24, 2.45) is 0 Å². The largest absolute Gasteiger partial charge is 0.462 e. The highest BCUT2D eigenvalue weighted by Crippen LogP contribution is 2.10. The Kier molecular flexibility index (Phi) is 2.10. The zero-order valence-corrected chi connectivity index (χ0v) is 5.50. The number of ether oxygens (including phenoxy) is 2. The highest BCUT2D eigenvalue weighted by atomic mass is 16.7. The fourth-order valence-corrected chi connectivity index (χ4v) is 0.607. The summed E-state index contributed by atoms with van der Waals surface area (Å²) in [4.78, 5) is 10.7. The number of carbonyl (C=O) groups excluding carboxylic acids is 1.